The number of halogens is 1. The highest BCUT2D eigenvalue weighted by atomic mass is 32.2. The summed E-state index contributed by atoms with van der Waals surface area (Å²) in [6.07, 6.45) is 0.673. The number of aliphatic hydroxyl groups is 1. The van der Waals surface area contributed by atoms with Crippen molar-refractivity contribution in [2.75, 3.05) is 12.9 Å². The fourth-order valence-electron chi connectivity index (χ4n) is 4.08. The quantitative estimate of drug-likeness (QED) is 0.341. The average molecular weight is 477 g/mol. The number of imidazole rings is 2. The molecule has 0 bridgehead atoms. The fourth-order valence-corrected chi connectivity index (χ4v) is 5.35. The normalized spacial score (nSPS) is 26.3. The molecule has 6 rings (SSSR count). The van der Waals surface area contributed by atoms with Crippen LogP contribution in [0, 0.1) is 5.82 Å². The predicted octanol–water partition coefficient (Wildman–Crippen LogP) is 2.08. The number of nitrogens with zero attached hydrogens (tertiary/aromatic N) is 4. The number of thioether (sulfide) groups is 1. The SMILES string of the molecule is CSc1nc2c(=O)n3cc(-c4ccc(F)cc4)[nH]c3nc2n1C1OC2COPOC2C1O. The van der Waals surface area contributed by atoms with Crippen LogP contribution in [0.2, 0.25) is 0 Å². The fraction of sp³-hybridized carbons (Fsp3) is 0.316. The van der Waals surface area contributed by atoms with Crippen molar-refractivity contribution in [1.82, 2.24) is 23.9 Å². The number of benzene rings is 1. The maximum absolute atomic E-state index is 13.3. The van der Waals surface area contributed by atoms with Gasteiger partial charge < -0.3 is 23.9 Å². The summed E-state index contributed by atoms with van der Waals surface area (Å²) in [5.74, 6) is -0.0547. The van der Waals surface area contributed by atoms with Crippen LogP contribution >= 0.6 is 20.8 Å². The van der Waals surface area contributed by atoms with Crippen LogP contribution in [-0.2, 0) is 13.8 Å². The molecule has 4 aromatic rings. The van der Waals surface area contributed by atoms with Crippen molar-refractivity contribution in [2.24, 2.45) is 0 Å². The van der Waals surface area contributed by atoms with Gasteiger partial charge in [0, 0.05) is 6.20 Å². The van der Waals surface area contributed by atoms with Gasteiger partial charge in [-0.2, -0.15) is 4.98 Å². The Kier molecular flexibility index (Phi) is 4.83. The van der Waals surface area contributed by atoms with Crippen LogP contribution in [-0.4, -0.2) is 60.2 Å². The smallest absolute Gasteiger partial charge is 0.287 e. The Bertz CT molecular complexity index is 1390. The van der Waals surface area contributed by atoms with E-state index >= 15 is 0 Å². The van der Waals surface area contributed by atoms with Crippen molar-refractivity contribution in [3.8, 4) is 11.3 Å². The molecule has 5 unspecified atom stereocenters. The standard InChI is InChI=1S/C19H17FN5O5PS/c1-32-19-22-12-15(25(19)17-13(26)14-11(29-17)7-28-31-30-14)23-18-21-10(6-24(18)16(12)27)8-2-4-9(20)5-3-8/h2-6,11,13-14,17,26,31H,7H2,1H3,(H,21,23). The van der Waals surface area contributed by atoms with Crippen molar-refractivity contribution in [3.63, 3.8) is 0 Å². The van der Waals surface area contributed by atoms with Gasteiger partial charge in [-0.3, -0.25) is 9.36 Å². The number of aromatic amines is 1. The highest BCUT2D eigenvalue weighted by molar-refractivity contribution is 7.98. The van der Waals surface area contributed by atoms with Gasteiger partial charge in [-0.05, 0) is 36.1 Å². The van der Waals surface area contributed by atoms with E-state index in [1.165, 1.54) is 28.3 Å². The second-order valence-corrected chi connectivity index (χ2v) is 8.92. The second-order valence-electron chi connectivity index (χ2n) is 7.46. The first-order valence-electron chi connectivity index (χ1n) is 9.74. The van der Waals surface area contributed by atoms with E-state index in [1.54, 1.807) is 22.9 Å². The number of hydrogen-bond donors (Lipinski definition) is 2. The van der Waals surface area contributed by atoms with Gasteiger partial charge in [-0.1, -0.05) is 11.8 Å². The number of hydrogen-bond acceptors (Lipinski definition) is 8. The molecule has 0 amide bonds. The summed E-state index contributed by atoms with van der Waals surface area (Å²) in [6, 6.07) is 5.92. The van der Waals surface area contributed by atoms with E-state index in [1.807, 2.05) is 6.26 Å². The Labute approximate surface area is 185 Å². The zero-order valence-electron chi connectivity index (χ0n) is 16.6. The molecule has 0 saturated carbocycles. The lowest BCUT2D eigenvalue weighted by Crippen LogP contribution is -2.37. The number of ether oxygens (including phenoxy) is 1. The first-order valence-corrected chi connectivity index (χ1v) is 11.8. The van der Waals surface area contributed by atoms with E-state index in [9.17, 15) is 14.3 Å². The third kappa shape index (κ3) is 3.02. The maximum Gasteiger partial charge on any atom is 0.287 e. The van der Waals surface area contributed by atoms with Crippen molar-refractivity contribution < 1.29 is 23.3 Å². The summed E-state index contributed by atoms with van der Waals surface area (Å²) in [5, 5.41) is 11.4. The summed E-state index contributed by atoms with van der Waals surface area (Å²) in [4.78, 5) is 25.4. The van der Waals surface area contributed by atoms with E-state index in [0.29, 0.717) is 28.8 Å². The molecule has 13 heteroatoms. The van der Waals surface area contributed by atoms with Crippen molar-refractivity contribution in [2.45, 2.75) is 29.7 Å². The molecule has 2 aliphatic rings. The van der Waals surface area contributed by atoms with Gasteiger partial charge in [-0.15, -0.1) is 0 Å². The lowest BCUT2D eigenvalue weighted by Gasteiger charge is -2.24. The lowest BCUT2D eigenvalue weighted by molar-refractivity contribution is -0.0553. The highest BCUT2D eigenvalue weighted by Crippen LogP contribution is 2.41. The van der Waals surface area contributed by atoms with E-state index in [0.717, 1.165) is 0 Å². The maximum atomic E-state index is 13.3. The van der Waals surface area contributed by atoms with Crippen LogP contribution in [0.25, 0.3) is 28.2 Å². The Morgan fingerprint density at radius 3 is 2.88 bits per heavy atom. The molecule has 2 saturated heterocycles. The third-order valence-corrected chi connectivity index (χ3v) is 6.92. The largest absolute Gasteiger partial charge is 0.386 e. The Hall–Kier alpha value is -2.34. The van der Waals surface area contributed by atoms with Crippen LogP contribution in [0.15, 0.2) is 40.4 Å². The number of aliphatic hydroxyl groups excluding tert-OH is 1. The number of H-pyrrole nitrogens is 1. The van der Waals surface area contributed by atoms with Crippen molar-refractivity contribution in [3.05, 3.63) is 46.6 Å². The van der Waals surface area contributed by atoms with Gasteiger partial charge in [0.25, 0.3) is 5.56 Å². The van der Waals surface area contributed by atoms with Crippen LogP contribution in [0.1, 0.15) is 6.23 Å². The molecule has 2 aliphatic heterocycles. The minimum atomic E-state index is -0.974. The van der Waals surface area contributed by atoms with Crippen molar-refractivity contribution in [1.29, 1.82) is 0 Å². The van der Waals surface area contributed by atoms with Gasteiger partial charge in [0.05, 0.1) is 12.3 Å². The number of aromatic nitrogens is 5. The Balaban J connectivity index is 1.51. The first kappa shape index (κ1) is 20.3. The highest BCUT2D eigenvalue weighted by Gasteiger charge is 2.48. The monoisotopic (exact) mass is 477 g/mol. The predicted molar refractivity (Wildman–Crippen MR) is 115 cm³/mol. The number of nitrogens with one attached hydrogen (secondary N) is 1. The molecule has 32 heavy (non-hydrogen) atoms. The summed E-state index contributed by atoms with van der Waals surface area (Å²) in [5.41, 5.74) is 1.39. The molecule has 0 spiro atoms. The van der Waals surface area contributed by atoms with E-state index in [2.05, 4.69) is 15.0 Å². The molecule has 2 N–H and O–H groups in total. The van der Waals surface area contributed by atoms with Crippen LogP contribution in [0.5, 0.6) is 0 Å². The number of fused-ring (bicyclic) bond motifs is 3. The van der Waals surface area contributed by atoms with E-state index in [4.69, 9.17) is 13.8 Å². The molecular formula is C19H17FN5O5PS. The zero-order chi connectivity index (χ0) is 22.0. The van der Waals surface area contributed by atoms with Gasteiger partial charge >= 0.3 is 0 Å². The molecule has 0 radical (unpaired) electrons. The Morgan fingerprint density at radius 2 is 2.12 bits per heavy atom. The summed E-state index contributed by atoms with van der Waals surface area (Å²) in [7, 11) is -0.160. The van der Waals surface area contributed by atoms with Crippen LogP contribution in [0.3, 0.4) is 0 Å². The molecule has 5 heterocycles. The van der Waals surface area contributed by atoms with E-state index in [-0.39, 0.29) is 31.6 Å². The first-order chi connectivity index (χ1) is 15.5. The molecule has 3 aromatic heterocycles. The molecule has 1 aromatic carbocycles. The van der Waals surface area contributed by atoms with Gasteiger partial charge in [0.2, 0.25) is 5.78 Å². The average Bonchev–Trinajstić information content (AvgIpc) is 3.48. The zero-order valence-corrected chi connectivity index (χ0v) is 18.4. The van der Waals surface area contributed by atoms with Crippen LogP contribution in [0.4, 0.5) is 4.39 Å². The van der Waals surface area contributed by atoms with Crippen LogP contribution < -0.4 is 5.56 Å². The second kappa shape index (κ2) is 7.62. The topological polar surface area (TPSA) is 116 Å². The lowest BCUT2D eigenvalue weighted by atomic mass is 10.1. The molecule has 10 nitrogen and oxygen atoms in total. The molecular weight excluding hydrogens is 460 g/mol. The number of rotatable bonds is 3. The van der Waals surface area contributed by atoms with Gasteiger partial charge in [0.15, 0.2) is 31.6 Å². The summed E-state index contributed by atoms with van der Waals surface area (Å²) >= 11 is 1.32. The molecule has 5 atom stereocenters. The Morgan fingerprint density at radius 1 is 1.31 bits per heavy atom. The molecule has 166 valence electrons. The molecule has 2 fully saturated rings. The van der Waals surface area contributed by atoms with Gasteiger partial charge in [0.1, 0.15) is 24.1 Å². The van der Waals surface area contributed by atoms with E-state index < -0.39 is 24.5 Å². The minimum absolute atomic E-state index is 0.154. The third-order valence-electron chi connectivity index (χ3n) is 5.61. The van der Waals surface area contributed by atoms with Gasteiger partial charge in [-0.25, -0.2) is 13.8 Å². The molecule has 0 aliphatic carbocycles. The summed E-state index contributed by atoms with van der Waals surface area (Å²) < 4.78 is 33.2. The summed E-state index contributed by atoms with van der Waals surface area (Å²) in [6.45, 7) is 0.315. The van der Waals surface area contributed by atoms with Crippen molar-refractivity contribution >= 4 is 37.7 Å². The minimum Gasteiger partial charge on any atom is -0.386 e.